The van der Waals surface area contributed by atoms with Crippen LogP contribution in [0.25, 0.3) is 0 Å². The van der Waals surface area contributed by atoms with Gasteiger partial charge in [0.1, 0.15) is 0 Å². The highest BCUT2D eigenvalue weighted by atomic mass is 35.5. The van der Waals surface area contributed by atoms with Gasteiger partial charge in [0, 0.05) is 44.7 Å². The molecule has 1 unspecified atom stereocenters. The molecular weight excluding hydrogens is 402 g/mol. The molecule has 2 heterocycles. The van der Waals surface area contributed by atoms with Crippen molar-refractivity contribution in [2.75, 3.05) is 32.1 Å². The van der Waals surface area contributed by atoms with Gasteiger partial charge in [-0.2, -0.15) is 9.78 Å². The topological polar surface area (TPSA) is 61.7 Å². The second kappa shape index (κ2) is 8.40. The third-order valence-corrected chi connectivity index (χ3v) is 6.84. The zero-order valence-electron chi connectivity index (χ0n) is 17.7. The lowest BCUT2D eigenvalue weighted by molar-refractivity contribution is -0.116. The maximum absolute atomic E-state index is 12.9. The van der Waals surface area contributed by atoms with Gasteiger partial charge in [-0.1, -0.05) is 23.7 Å². The normalized spacial score (nSPS) is 23.1. The lowest BCUT2D eigenvalue weighted by atomic mass is 10.0. The molecule has 1 aliphatic carbocycles. The van der Waals surface area contributed by atoms with E-state index in [0.29, 0.717) is 23.6 Å². The molecule has 1 saturated carbocycles. The van der Waals surface area contributed by atoms with Crippen LogP contribution in [0.15, 0.2) is 36.7 Å². The van der Waals surface area contributed by atoms with E-state index in [4.69, 9.17) is 11.6 Å². The van der Waals surface area contributed by atoms with Crippen LogP contribution in [0.5, 0.6) is 0 Å². The van der Waals surface area contributed by atoms with E-state index in [2.05, 4.69) is 29.2 Å². The van der Waals surface area contributed by atoms with Gasteiger partial charge >= 0.3 is 6.03 Å². The number of carbonyl (C=O) groups excluding carboxylic acids is 2. The fraction of sp³-hybridized carbons (Fsp3) is 0.500. The van der Waals surface area contributed by atoms with Gasteiger partial charge in [-0.15, -0.1) is 0 Å². The monoisotopic (exact) mass is 429 g/mol. The molecule has 30 heavy (non-hydrogen) atoms. The lowest BCUT2D eigenvalue weighted by Gasteiger charge is -2.26. The molecule has 7 nitrogen and oxygen atoms in total. The van der Waals surface area contributed by atoms with Crippen LogP contribution in [-0.4, -0.2) is 64.7 Å². The number of carbonyl (C=O) groups is 2. The average Bonchev–Trinajstić information content (AvgIpc) is 3.43. The summed E-state index contributed by atoms with van der Waals surface area (Å²) in [7, 11) is 3.86. The summed E-state index contributed by atoms with van der Waals surface area (Å²) in [6.45, 7) is 3.93. The molecule has 1 aliphatic heterocycles. The van der Waals surface area contributed by atoms with Crippen LogP contribution in [0.1, 0.15) is 25.3 Å². The number of likely N-dealkylation sites (tertiary alicyclic amines) is 1. The summed E-state index contributed by atoms with van der Waals surface area (Å²) >= 11 is 5.98. The Balaban J connectivity index is 1.32. The maximum Gasteiger partial charge on any atom is 0.344 e. The van der Waals surface area contributed by atoms with Crippen molar-refractivity contribution in [2.45, 2.75) is 32.4 Å². The highest BCUT2D eigenvalue weighted by Crippen LogP contribution is 2.40. The van der Waals surface area contributed by atoms with Crippen LogP contribution in [0, 0.1) is 11.8 Å². The second-order valence-corrected chi connectivity index (χ2v) is 9.03. The van der Waals surface area contributed by atoms with Crippen molar-refractivity contribution in [2.24, 2.45) is 11.8 Å². The first kappa shape index (κ1) is 20.9. The first-order valence-corrected chi connectivity index (χ1v) is 10.7. The third-order valence-electron chi connectivity index (χ3n) is 6.59. The Hall–Kier alpha value is -2.38. The number of amides is 2. The van der Waals surface area contributed by atoms with Crippen LogP contribution in [-0.2, 0) is 11.3 Å². The molecule has 0 spiro atoms. The number of aromatic nitrogens is 2. The minimum atomic E-state index is -0.112. The third kappa shape index (κ3) is 4.23. The molecule has 2 aromatic rings. The molecule has 0 radical (unpaired) electrons. The van der Waals surface area contributed by atoms with Crippen molar-refractivity contribution < 1.29 is 9.59 Å². The van der Waals surface area contributed by atoms with Crippen molar-refractivity contribution >= 4 is 29.2 Å². The van der Waals surface area contributed by atoms with E-state index in [1.807, 2.05) is 17.0 Å². The predicted molar refractivity (Wildman–Crippen MR) is 117 cm³/mol. The van der Waals surface area contributed by atoms with Crippen LogP contribution in [0.2, 0.25) is 5.02 Å². The number of nitrogens with zero attached hydrogens (tertiary/aromatic N) is 5. The Morgan fingerprint density at radius 3 is 2.37 bits per heavy atom. The molecule has 1 saturated heterocycles. The summed E-state index contributed by atoms with van der Waals surface area (Å²) in [6, 6.07) is 8.46. The van der Waals surface area contributed by atoms with Gasteiger partial charge in [0.05, 0.1) is 18.1 Å². The van der Waals surface area contributed by atoms with Crippen molar-refractivity contribution in [1.82, 2.24) is 19.6 Å². The fourth-order valence-corrected chi connectivity index (χ4v) is 4.83. The Morgan fingerprint density at radius 1 is 1.13 bits per heavy atom. The van der Waals surface area contributed by atoms with Gasteiger partial charge in [-0.05, 0) is 49.4 Å². The first-order chi connectivity index (χ1) is 14.3. The Kier molecular flexibility index (Phi) is 5.84. The predicted octanol–water partition coefficient (Wildman–Crippen LogP) is 3.33. The number of halogens is 1. The molecule has 2 fully saturated rings. The van der Waals surface area contributed by atoms with E-state index in [0.717, 1.165) is 37.5 Å². The van der Waals surface area contributed by atoms with Gasteiger partial charge in [0.2, 0.25) is 5.91 Å². The van der Waals surface area contributed by atoms with Crippen LogP contribution < -0.4 is 4.90 Å². The minimum Gasteiger partial charge on any atom is -0.322 e. The fourth-order valence-electron chi connectivity index (χ4n) is 4.71. The van der Waals surface area contributed by atoms with Gasteiger partial charge in [-0.25, -0.2) is 4.79 Å². The Labute approximate surface area is 182 Å². The van der Waals surface area contributed by atoms with Gasteiger partial charge < -0.3 is 9.80 Å². The number of benzene rings is 1. The van der Waals surface area contributed by atoms with Gasteiger partial charge in [0.25, 0.3) is 0 Å². The first-order valence-electron chi connectivity index (χ1n) is 10.3. The van der Waals surface area contributed by atoms with E-state index in [-0.39, 0.29) is 11.9 Å². The SMILES string of the molecule is CC(=O)N(C)c1cnn(C(=O)N2C[C@H]3CC(N(C)Cc4ccc(Cl)cc4)C[C@H]3C2)c1. The summed E-state index contributed by atoms with van der Waals surface area (Å²) < 4.78 is 1.35. The standard InChI is InChI=1S/C22H28ClN5O2/c1-15(29)26(3)21-10-24-28(14-21)22(30)27-12-17-8-20(9-18(17)13-27)25(2)11-16-4-6-19(23)7-5-16/h4-7,10,14,17-18,20H,8-9,11-13H2,1-3H3/t17-,18+,20?. The number of hydrogen-bond acceptors (Lipinski definition) is 4. The van der Waals surface area contributed by atoms with Gasteiger partial charge in [0.15, 0.2) is 0 Å². The maximum atomic E-state index is 12.9. The molecule has 3 atom stereocenters. The number of anilines is 1. The molecule has 2 aliphatic rings. The van der Waals surface area contributed by atoms with E-state index in [1.165, 1.54) is 22.1 Å². The summed E-state index contributed by atoms with van der Waals surface area (Å²) in [5.41, 5.74) is 1.89. The van der Waals surface area contributed by atoms with Crippen molar-refractivity contribution in [1.29, 1.82) is 0 Å². The molecule has 1 aromatic heterocycles. The molecular formula is C22H28ClN5O2. The largest absolute Gasteiger partial charge is 0.344 e. The quantitative estimate of drug-likeness (QED) is 0.747. The number of fused-ring (bicyclic) bond motifs is 1. The summed E-state index contributed by atoms with van der Waals surface area (Å²) in [5, 5.41) is 4.93. The molecule has 0 N–H and O–H groups in total. The second-order valence-electron chi connectivity index (χ2n) is 8.60. The van der Waals surface area contributed by atoms with Crippen LogP contribution >= 0.6 is 11.6 Å². The molecule has 160 valence electrons. The van der Waals surface area contributed by atoms with Crippen LogP contribution in [0.3, 0.4) is 0 Å². The zero-order chi connectivity index (χ0) is 21.4. The van der Waals surface area contributed by atoms with E-state index in [9.17, 15) is 9.59 Å². The zero-order valence-corrected chi connectivity index (χ0v) is 18.4. The van der Waals surface area contributed by atoms with Crippen LogP contribution in [0.4, 0.5) is 10.5 Å². The smallest absolute Gasteiger partial charge is 0.322 e. The summed E-state index contributed by atoms with van der Waals surface area (Å²) in [5.74, 6) is 0.967. The molecule has 2 amide bonds. The minimum absolute atomic E-state index is 0.0912. The Morgan fingerprint density at radius 2 is 1.77 bits per heavy atom. The Bertz CT molecular complexity index is 914. The highest BCUT2D eigenvalue weighted by molar-refractivity contribution is 6.30. The summed E-state index contributed by atoms with van der Waals surface area (Å²) in [4.78, 5) is 30.2. The number of rotatable bonds is 4. The summed E-state index contributed by atoms with van der Waals surface area (Å²) in [6.07, 6.45) is 5.39. The molecule has 1 aromatic carbocycles. The molecule has 8 heteroatoms. The van der Waals surface area contributed by atoms with Crippen molar-refractivity contribution in [3.8, 4) is 0 Å². The number of hydrogen-bond donors (Lipinski definition) is 0. The lowest BCUT2D eigenvalue weighted by Crippen LogP contribution is -2.36. The average molecular weight is 430 g/mol. The highest BCUT2D eigenvalue weighted by Gasteiger charge is 2.43. The van der Waals surface area contributed by atoms with E-state index < -0.39 is 0 Å². The van der Waals surface area contributed by atoms with Gasteiger partial charge in [-0.3, -0.25) is 9.69 Å². The van der Waals surface area contributed by atoms with E-state index in [1.54, 1.807) is 19.4 Å². The molecule has 0 bridgehead atoms. The van der Waals surface area contributed by atoms with Crippen molar-refractivity contribution in [3.63, 3.8) is 0 Å². The molecule has 4 rings (SSSR count). The van der Waals surface area contributed by atoms with E-state index >= 15 is 0 Å². The van der Waals surface area contributed by atoms with Crippen molar-refractivity contribution in [3.05, 3.63) is 47.2 Å².